The average molecular weight is 671 g/mol. The number of amides is 2. The van der Waals surface area contributed by atoms with Gasteiger partial charge in [0.15, 0.2) is 0 Å². The molecule has 2 atom stereocenters. The van der Waals surface area contributed by atoms with Crippen LogP contribution in [0.5, 0.6) is 11.5 Å². The molecular formula is C42H46N4O4. The van der Waals surface area contributed by atoms with E-state index in [9.17, 15) is 9.59 Å². The molecule has 258 valence electrons. The maximum Gasteiger partial charge on any atom is 0.243 e. The maximum atomic E-state index is 14.3. The van der Waals surface area contributed by atoms with Crippen LogP contribution in [0, 0.1) is 11.8 Å². The van der Waals surface area contributed by atoms with Gasteiger partial charge in [-0.2, -0.15) is 0 Å². The molecule has 0 saturated carbocycles. The monoisotopic (exact) mass is 670 g/mol. The van der Waals surface area contributed by atoms with Gasteiger partial charge in [-0.15, -0.1) is 0 Å². The molecule has 0 aliphatic heterocycles. The second-order valence-corrected chi connectivity index (χ2v) is 12.7. The summed E-state index contributed by atoms with van der Waals surface area (Å²) >= 11 is 0. The van der Waals surface area contributed by atoms with Gasteiger partial charge in [-0.3, -0.25) is 19.9 Å². The number of primary amides is 1. The zero-order chi connectivity index (χ0) is 35.3. The molecule has 8 nitrogen and oxygen atoms in total. The van der Waals surface area contributed by atoms with Gasteiger partial charge in [-0.05, 0) is 58.0 Å². The zero-order valence-electron chi connectivity index (χ0n) is 28.9. The summed E-state index contributed by atoms with van der Waals surface area (Å²) in [5.41, 5.74) is 12.7. The van der Waals surface area contributed by atoms with Gasteiger partial charge in [-0.1, -0.05) is 129 Å². The first-order valence-corrected chi connectivity index (χ1v) is 16.9. The van der Waals surface area contributed by atoms with Crippen LogP contribution < -0.4 is 25.9 Å². The molecule has 0 heterocycles. The van der Waals surface area contributed by atoms with Crippen LogP contribution in [-0.2, 0) is 41.4 Å². The molecule has 0 spiro atoms. The van der Waals surface area contributed by atoms with Crippen LogP contribution in [0.4, 0.5) is 0 Å². The number of hydrogen-bond acceptors (Lipinski definition) is 6. The average Bonchev–Trinajstić information content (AvgIpc) is 3.15. The number of hydrazine groups is 1. The van der Waals surface area contributed by atoms with Crippen molar-refractivity contribution in [3.05, 3.63) is 167 Å². The molecule has 50 heavy (non-hydrogen) atoms. The summed E-state index contributed by atoms with van der Waals surface area (Å²) in [7, 11) is 1.68. The van der Waals surface area contributed by atoms with Crippen molar-refractivity contribution in [2.75, 3.05) is 7.05 Å². The Morgan fingerprint density at radius 3 is 1.52 bits per heavy atom. The molecule has 0 fully saturated rings. The molecule has 2 amide bonds. The number of nitrogens with one attached hydrogen (secondary N) is 2. The van der Waals surface area contributed by atoms with E-state index in [2.05, 4.69) is 10.7 Å². The lowest BCUT2D eigenvalue weighted by atomic mass is 9.71. The predicted molar refractivity (Wildman–Crippen MR) is 197 cm³/mol. The molecule has 0 radical (unpaired) electrons. The highest BCUT2D eigenvalue weighted by molar-refractivity contribution is 5.94. The van der Waals surface area contributed by atoms with Crippen LogP contribution in [0.2, 0.25) is 0 Å². The Morgan fingerprint density at radius 2 is 1.08 bits per heavy atom. The van der Waals surface area contributed by atoms with Crippen LogP contribution in [0.15, 0.2) is 140 Å². The quantitative estimate of drug-likeness (QED) is 0.0946. The van der Waals surface area contributed by atoms with E-state index in [1.807, 2.05) is 153 Å². The Hall–Kier alpha value is -5.44. The number of carbonyl (C=O) groups is 2. The molecular weight excluding hydrogens is 624 g/mol. The van der Waals surface area contributed by atoms with Gasteiger partial charge in [0.25, 0.3) is 0 Å². The number of rotatable bonds is 17. The first-order valence-electron chi connectivity index (χ1n) is 16.9. The molecule has 0 aromatic heterocycles. The molecule has 0 bridgehead atoms. The fourth-order valence-corrected chi connectivity index (χ4v) is 6.07. The molecule has 0 saturated heterocycles. The highest BCUT2D eigenvalue weighted by atomic mass is 16.5. The number of ether oxygens (including phenoxy) is 2. The third-order valence-electron chi connectivity index (χ3n) is 8.78. The van der Waals surface area contributed by atoms with Gasteiger partial charge in [0.05, 0.1) is 5.92 Å². The summed E-state index contributed by atoms with van der Waals surface area (Å²) < 4.78 is 11.9. The van der Waals surface area contributed by atoms with E-state index in [0.29, 0.717) is 31.9 Å². The zero-order valence-corrected chi connectivity index (χ0v) is 28.9. The first kappa shape index (κ1) is 35.9. The Labute approximate surface area is 295 Å². The summed E-state index contributed by atoms with van der Waals surface area (Å²) in [6.07, 6.45) is 0. The number of nitrogens with zero attached hydrogens (tertiary/aromatic N) is 1. The molecule has 0 aliphatic rings. The molecule has 5 aromatic rings. The highest BCUT2D eigenvalue weighted by Gasteiger charge is 2.51. The minimum Gasteiger partial charge on any atom is -0.489 e. The SMILES string of the molecule is CC(C)C(C(=O)N(C)NCc1ccc(OCc2ccccc2)cc1)C(NCc1ccc(OCc2ccccc2)cc1)(C(N)=O)c1ccccc1. The van der Waals surface area contributed by atoms with Crippen LogP contribution in [0.1, 0.15) is 41.7 Å². The van der Waals surface area contributed by atoms with Gasteiger partial charge in [0.1, 0.15) is 30.3 Å². The van der Waals surface area contributed by atoms with E-state index in [4.69, 9.17) is 15.2 Å². The second kappa shape index (κ2) is 17.3. The Balaban J connectivity index is 1.28. The minimum atomic E-state index is -1.50. The van der Waals surface area contributed by atoms with Crippen LogP contribution in [-0.4, -0.2) is 23.9 Å². The second-order valence-electron chi connectivity index (χ2n) is 12.7. The van der Waals surface area contributed by atoms with Gasteiger partial charge < -0.3 is 15.2 Å². The lowest BCUT2D eigenvalue weighted by Gasteiger charge is -2.42. The fraction of sp³-hybridized carbons (Fsp3) is 0.238. The van der Waals surface area contributed by atoms with E-state index < -0.39 is 17.4 Å². The number of benzene rings is 5. The van der Waals surface area contributed by atoms with Gasteiger partial charge >= 0.3 is 0 Å². The molecule has 8 heteroatoms. The number of nitrogens with two attached hydrogens (primary N) is 1. The normalized spacial score (nSPS) is 12.9. The van der Waals surface area contributed by atoms with Crippen molar-refractivity contribution in [3.63, 3.8) is 0 Å². The van der Waals surface area contributed by atoms with Crippen molar-refractivity contribution in [2.45, 2.75) is 45.7 Å². The molecule has 5 aromatic carbocycles. The molecule has 2 unspecified atom stereocenters. The van der Waals surface area contributed by atoms with E-state index in [1.54, 1.807) is 7.05 Å². The first-order chi connectivity index (χ1) is 24.3. The summed E-state index contributed by atoms with van der Waals surface area (Å²) in [4.78, 5) is 28.0. The van der Waals surface area contributed by atoms with Gasteiger partial charge in [-0.25, -0.2) is 5.43 Å². The summed E-state index contributed by atoms with van der Waals surface area (Å²) in [5, 5.41) is 4.92. The Morgan fingerprint density at radius 1 is 0.640 bits per heavy atom. The van der Waals surface area contributed by atoms with Gasteiger partial charge in [0.2, 0.25) is 11.8 Å². The van der Waals surface area contributed by atoms with Crippen LogP contribution in [0.25, 0.3) is 0 Å². The van der Waals surface area contributed by atoms with Crippen molar-refractivity contribution in [1.82, 2.24) is 15.8 Å². The van der Waals surface area contributed by atoms with Crippen LogP contribution in [0.3, 0.4) is 0 Å². The Kier molecular flexibility index (Phi) is 12.4. The molecule has 4 N–H and O–H groups in total. The molecule has 5 rings (SSSR count). The summed E-state index contributed by atoms with van der Waals surface area (Å²) in [6.45, 7) is 5.51. The van der Waals surface area contributed by atoms with Crippen molar-refractivity contribution in [3.8, 4) is 11.5 Å². The third kappa shape index (κ3) is 9.16. The summed E-state index contributed by atoms with van der Waals surface area (Å²) in [6, 6.07) is 44.7. The lowest BCUT2D eigenvalue weighted by Crippen LogP contribution is -2.63. The predicted octanol–water partition coefficient (Wildman–Crippen LogP) is 6.75. The van der Waals surface area contributed by atoms with Crippen LogP contribution >= 0.6 is 0 Å². The topological polar surface area (TPSA) is 106 Å². The number of hydrogen-bond donors (Lipinski definition) is 3. The van der Waals surface area contributed by atoms with E-state index in [-0.39, 0.29) is 11.8 Å². The van der Waals surface area contributed by atoms with Gasteiger partial charge in [0, 0.05) is 20.1 Å². The third-order valence-corrected chi connectivity index (χ3v) is 8.78. The molecule has 0 aliphatic carbocycles. The maximum absolute atomic E-state index is 14.3. The van der Waals surface area contributed by atoms with E-state index in [0.717, 1.165) is 33.8 Å². The van der Waals surface area contributed by atoms with Crippen molar-refractivity contribution in [2.24, 2.45) is 17.6 Å². The highest BCUT2D eigenvalue weighted by Crippen LogP contribution is 2.36. The lowest BCUT2D eigenvalue weighted by molar-refractivity contribution is -0.148. The summed E-state index contributed by atoms with van der Waals surface area (Å²) in [5.74, 6) is -0.472. The number of carbonyl (C=O) groups excluding carboxylic acids is 2. The smallest absolute Gasteiger partial charge is 0.243 e. The van der Waals surface area contributed by atoms with Crippen molar-refractivity contribution >= 4 is 11.8 Å². The standard InChI is InChI=1S/C42H46N4O4/c1-31(2)39(40(47)46(3)45-28-33-21-25-38(26-22-33)50-30-35-15-9-5-10-16-35)42(41(43)48,36-17-11-6-12-18-36)44-27-32-19-23-37(24-20-32)49-29-34-13-7-4-8-14-34/h4-26,31,39,44-45H,27-30H2,1-3H3,(H2,43,48). The Bertz CT molecular complexity index is 1780. The fourth-order valence-electron chi connectivity index (χ4n) is 6.07. The largest absolute Gasteiger partial charge is 0.489 e. The van der Waals surface area contributed by atoms with Crippen molar-refractivity contribution in [1.29, 1.82) is 0 Å². The van der Waals surface area contributed by atoms with E-state index in [1.165, 1.54) is 5.01 Å². The van der Waals surface area contributed by atoms with Crippen molar-refractivity contribution < 1.29 is 19.1 Å². The minimum absolute atomic E-state index is 0.248. The van der Waals surface area contributed by atoms with E-state index >= 15 is 0 Å².